The summed E-state index contributed by atoms with van der Waals surface area (Å²) < 4.78 is 5.45. The predicted octanol–water partition coefficient (Wildman–Crippen LogP) is 3.74. The van der Waals surface area contributed by atoms with Gasteiger partial charge in [0, 0.05) is 54.4 Å². The van der Waals surface area contributed by atoms with Gasteiger partial charge >= 0.3 is 0 Å². The van der Waals surface area contributed by atoms with Crippen molar-refractivity contribution in [3.63, 3.8) is 0 Å². The summed E-state index contributed by atoms with van der Waals surface area (Å²) in [5.74, 6) is 1.48. The number of anilines is 3. The number of carbonyl (C=O) groups excluding carboxylic acids is 1. The largest absolute Gasteiger partial charge is 0.495 e. The van der Waals surface area contributed by atoms with E-state index in [4.69, 9.17) is 9.72 Å². The van der Waals surface area contributed by atoms with Gasteiger partial charge in [-0.1, -0.05) is 12.1 Å². The van der Waals surface area contributed by atoms with Crippen molar-refractivity contribution in [2.75, 3.05) is 37.0 Å². The SMILES string of the molecule is COc1cccc2c(-c3ccnc(Nc4ccc(N5CCNCC5C(C)=O)cc4)n3)c[nH]c12. The number of piperazine rings is 1. The van der Waals surface area contributed by atoms with E-state index < -0.39 is 0 Å². The van der Waals surface area contributed by atoms with Crippen LogP contribution in [0.4, 0.5) is 17.3 Å². The zero-order chi connectivity index (χ0) is 22.8. The second kappa shape index (κ2) is 8.91. The first-order chi connectivity index (χ1) is 16.1. The molecule has 3 N–H and O–H groups in total. The van der Waals surface area contributed by atoms with Gasteiger partial charge in [0.15, 0.2) is 5.78 Å². The number of H-pyrrole nitrogens is 1. The molecule has 1 aliphatic heterocycles. The number of ketones is 1. The Kier molecular flexibility index (Phi) is 5.66. The molecule has 33 heavy (non-hydrogen) atoms. The maximum atomic E-state index is 12.0. The van der Waals surface area contributed by atoms with Gasteiger partial charge in [0.1, 0.15) is 5.75 Å². The number of methoxy groups -OCH3 is 1. The molecule has 0 aliphatic carbocycles. The lowest BCUT2D eigenvalue weighted by Crippen LogP contribution is -2.54. The van der Waals surface area contributed by atoms with Gasteiger partial charge in [-0.25, -0.2) is 9.97 Å². The van der Waals surface area contributed by atoms with Crippen molar-refractivity contribution in [3.8, 4) is 17.0 Å². The van der Waals surface area contributed by atoms with E-state index in [0.29, 0.717) is 12.5 Å². The van der Waals surface area contributed by atoms with Crippen molar-refractivity contribution in [1.82, 2.24) is 20.3 Å². The zero-order valence-corrected chi connectivity index (χ0v) is 18.6. The Hall–Kier alpha value is -3.91. The number of aromatic nitrogens is 3. The molecule has 0 bridgehead atoms. The quantitative estimate of drug-likeness (QED) is 0.419. The van der Waals surface area contributed by atoms with Gasteiger partial charge in [-0.15, -0.1) is 0 Å². The Morgan fingerprint density at radius 3 is 2.82 bits per heavy atom. The Morgan fingerprint density at radius 1 is 1.18 bits per heavy atom. The van der Waals surface area contributed by atoms with E-state index in [1.807, 2.05) is 54.7 Å². The van der Waals surface area contributed by atoms with Crippen molar-refractivity contribution in [2.24, 2.45) is 0 Å². The molecule has 3 heterocycles. The van der Waals surface area contributed by atoms with Crippen molar-refractivity contribution in [3.05, 3.63) is 60.9 Å². The highest BCUT2D eigenvalue weighted by atomic mass is 16.5. The number of ether oxygens (including phenoxy) is 1. The third-order valence-electron chi connectivity index (χ3n) is 6.00. The number of para-hydroxylation sites is 1. The molecule has 2 aromatic carbocycles. The van der Waals surface area contributed by atoms with Gasteiger partial charge in [0.25, 0.3) is 0 Å². The number of benzene rings is 2. The number of rotatable bonds is 6. The number of carbonyl (C=O) groups is 1. The second-order valence-corrected chi connectivity index (χ2v) is 8.05. The van der Waals surface area contributed by atoms with Crippen LogP contribution in [-0.4, -0.2) is 53.5 Å². The van der Waals surface area contributed by atoms with Crippen LogP contribution in [0.1, 0.15) is 6.92 Å². The number of nitrogens with one attached hydrogen (secondary N) is 3. The Balaban J connectivity index is 1.37. The van der Waals surface area contributed by atoms with Crippen LogP contribution in [0.15, 0.2) is 60.9 Å². The average Bonchev–Trinajstić information content (AvgIpc) is 3.29. The summed E-state index contributed by atoms with van der Waals surface area (Å²) in [7, 11) is 1.66. The van der Waals surface area contributed by atoms with Gasteiger partial charge < -0.3 is 25.3 Å². The topological polar surface area (TPSA) is 95.2 Å². The fourth-order valence-corrected chi connectivity index (χ4v) is 4.32. The number of aromatic amines is 1. The lowest BCUT2D eigenvalue weighted by Gasteiger charge is -2.36. The lowest BCUT2D eigenvalue weighted by atomic mass is 10.1. The molecule has 1 saturated heterocycles. The van der Waals surface area contributed by atoms with Crippen LogP contribution in [0.5, 0.6) is 5.75 Å². The summed E-state index contributed by atoms with van der Waals surface area (Å²) in [5.41, 5.74) is 4.65. The highest BCUT2D eigenvalue weighted by Crippen LogP contribution is 2.33. The molecule has 2 aromatic heterocycles. The molecular formula is C25H26N6O2. The molecular weight excluding hydrogens is 416 g/mol. The molecule has 1 fully saturated rings. The van der Waals surface area contributed by atoms with E-state index in [1.54, 1.807) is 20.2 Å². The minimum Gasteiger partial charge on any atom is -0.495 e. The van der Waals surface area contributed by atoms with E-state index in [1.165, 1.54) is 0 Å². The molecule has 4 aromatic rings. The Morgan fingerprint density at radius 2 is 2.03 bits per heavy atom. The van der Waals surface area contributed by atoms with E-state index in [0.717, 1.165) is 52.4 Å². The first-order valence-electron chi connectivity index (χ1n) is 11.0. The summed E-state index contributed by atoms with van der Waals surface area (Å²) in [6, 6.07) is 15.7. The molecule has 0 spiro atoms. The van der Waals surface area contributed by atoms with Crippen LogP contribution in [0, 0.1) is 0 Å². The van der Waals surface area contributed by atoms with Crippen LogP contribution in [0.3, 0.4) is 0 Å². The summed E-state index contributed by atoms with van der Waals surface area (Å²) in [6.07, 6.45) is 3.68. The normalized spacial score (nSPS) is 16.1. The zero-order valence-electron chi connectivity index (χ0n) is 18.6. The molecule has 0 radical (unpaired) electrons. The molecule has 1 aliphatic rings. The van der Waals surface area contributed by atoms with Crippen LogP contribution in [0.2, 0.25) is 0 Å². The van der Waals surface area contributed by atoms with Crippen molar-refractivity contribution >= 4 is 34.0 Å². The molecule has 8 nitrogen and oxygen atoms in total. The predicted molar refractivity (Wildman–Crippen MR) is 130 cm³/mol. The minimum atomic E-state index is -0.132. The van der Waals surface area contributed by atoms with Gasteiger partial charge in [0.05, 0.1) is 24.4 Å². The number of hydrogen-bond acceptors (Lipinski definition) is 7. The fourth-order valence-electron chi connectivity index (χ4n) is 4.32. The fraction of sp³-hybridized carbons (Fsp3) is 0.240. The minimum absolute atomic E-state index is 0.132. The molecule has 168 valence electrons. The summed E-state index contributed by atoms with van der Waals surface area (Å²) in [4.78, 5) is 26.6. The third-order valence-corrected chi connectivity index (χ3v) is 6.00. The van der Waals surface area contributed by atoms with Gasteiger partial charge in [-0.2, -0.15) is 0 Å². The second-order valence-electron chi connectivity index (χ2n) is 8.05. The lowest BCUT2D eigenvalue weighted by molar-refractivity contribution is -0.118. The number of fused-ring (bicyclic) bond motifs is 1. The summed E-state index contributed by atoms with van der Waals surface area (Å²) in [6.45, 7) is 3.99. The standard InChI is InChI=1S/C25H26N6O2/c1-16(32)22-15-26-12-13-31(22)18-8-6-17(7-9-18)29-25-27-11-10-21(30-25)20-14-28-24-19(20)4-3-5-23(24)33-2/h3-11,14,22,26,28H,12-13,15H2,1-2H3,(H,27,29,30). The number of hydrogen-bond donors (Lipinski definition) is 3. The molecule has 0 saturated carbocycles. The van der Waals surface area contributed by atoms with Crippen molar-refractivity contribution in [2.45, 2.75) is 13.0 Å². The maximum Gasteiger partial charge on any atom is 0.227 e. The molecule has 5 rings (SSSR count). The molecule has 1 unspecified atom stereocenters. The highest BCUT2D eigenvalue weighted by Gasteiger charge is 2.25. The summed E-state index contributed by atoms with van der Waals surface area (Å²) in [5, 5.41) is 7.62. The van der Waals surface area contributed by atoms with Crippen LogP contribution >= 0.6 is 0 Å². The first kappa shape index (κ1) is 21.0. The smallest absolute Gasteiger partial charge is 0.227 e. The van der Waals surface area contributed by atoms with Crippen LogP contribution in [-0.2, 0) is 4.79 Å². The molecule has 8 heteroatoms. The third kappa shape index (κ3) is 4.12. The molecule has 1 atom stereocenters. The van der Waals surface area contributed by atoms with Gasteiger partial charge in [-0.3, -0.25) is 4.79 Å². The monoisotopic (exact) mass is 442 g/mol. The first-order valence-corrected chi connectivity index (χ1v) is 11.0. The van der Waals surface area contributed by atoms with Gasteiger partial charge in [0.2, 0.25) is 5.95 Å². The average molecular weight is 443 g/mol. The van der Waals surface area contributed by atoms with Crippen molar-refractivity contribution in [1.29, 1.82) is 0 Å². The van der Waals surface area contributed by atoms with Crippen molar-refractivity contribution < 1.29 is 9.53 Å². The Labute approximate surface area is 192 Å². The van der Waals surface area contributed by atoms with Gasteiger partial charge in [-0.05, 0) is 43.3 Å². The van der Waals surface area contributed by atoms with Crippen LogP contribution in [0.25, 0.3) is 22.2 Å². The highest BCUT2D eigenvalue weighted by molar-refractivity contribution is 5.97. The molecule has 0 amide bonds. The number of Topliss-reactive ketones (excluding diaryl/α,β-unsaturated/α-hetero) is 1. The van der Waals surface area contributed by atoms with E-state index in [9.17, 15) is 4.79 Å². The van der Waals surface area contributed by atoms with E-state index >= 15 is 0 Å². The summed E-state index contributed by atoms with van der Waals surface area (Å²) >= 11 is 0. The van der Waals surface area contributed by atoms with E-state index in [2.05, 4.69) is 25.5 Å². The van der Waals surface area contributed by atoms with E-state index in [-0.39, 0.29) is 11.8 Å². The van der Waals surface area contributed by atoms with Crippen LogP contribution < -0.4 is 20.3 Å². The Bertz CT molecular complexity index is 1280. The number of nitrogens with zero attached hydrogens (tertiary/aromatic N) is 3. The maximum absolute atomic E-state index is 12.0.